The number of amides is 1. The molecule has 106 valence electrons. The first-order valence-electron chi connectivity index (χ1n) is 7.31. The molecule has 1 amide bonds. The van der Waals surface area contributed by atoms with E-state index >= 15 is 0 Å². The number of nitrogens with zero attached hydrogens (tertiary/aromatic N) is 1. The number of aryl methyl sites for hydroxylation is 1. The van der Waals surface area contributed by atoms with Crippen molar-refractivity contribution in [3.8, 4) is 0 Å². The van der Waals surface area contributed by atoms with Crippen LogP contribution in [0, 0.1) is 5.41 Å². The molecular weight excluding hydrogens is 248 g/mol. The number of fused-ring (bicyclic) bond motifs is 1. The summed E-state index contributed by atoms with van der Waals surface area (Å²) in [7, 11) is 1.98. The van der Waals surface area contributed by atoms with Crippen molar-refractivity contribution in [2.45, 2.75) is 39.2 Å². The van der Waals surface area contributed by atoms with Gasteiger partial charge in [-0.25, -0.2) is 0 Å². The molecule has 0 spiro atoms. The summed E-state index contributed by atoms with van der Waals surface area (Å²) in [5, 5.41) is 4.24. The Morgan fingerprint density at radius 1 is 1.35 bits per heavy atom. The van der Waals surface area contributed by atoms with E-state index in [1.165, 1.54) is 6.42 Å². The molecule has 1 aliphatic carbocycles. The van der Waals surface area contributed by atoms with Crippen molar-refractivity contribution in [2.75, 3.05) is 0 Å². The largest absolute Gasteiger partial charge is 0.350 e. The number of benzene rings is 1. The third-order valence-electron chi connectivity index (χ3n) is 4.45. The van der Waals surface area contributed by atoms with Crippen LogP contribution in [0.4, 0.5) is 0 Å². The van der Waals surface area contributed by atoms with E-state index in [1.54, 1.807) is 0 Å². The predicted octanol–water partition coefficient (Wildman–Crippen LogP) is 3.49. The summed E-state index contributed by atoms with van der Waals surface area (Å²) in [6.07, 6.45) is 5.28. The molecule has 1 aromatic heterocycles. The first-order valence-corrected chi connectivity index (χ1v) is 7.31. The summed E-state index contributed by atoms with van der Waals surface area (Å²) in [4.78, 5) is 12.5. The third kappa shape index (κ3) is 2.33. The van der Waals surface area contributed by atoms with Gasteiger partial charge in [0.25, 0.3) is 5.91 Å². The van der Waals surface area contributed by atoms with Gasteiger partial charge in [0.05, 0.1) is 5.56 Å². The molecule has 1 saturated carbocycles. The van der Waals surface area contributed by atoms with Crippen LogP contribution in [0.1, 0.15) is 43.5 Å². The maximum atomic E-state index is 12.5. The molecule has 0 saturated heterocycles. The summed E-state index contributed by atoms with van der Waals surface area (Å²) in [5.74, 6) is 0.0597. The van der Waals surface area contributed by atoms with Crippen LogP contribution in [0.2, 0.25) is 0 Å². The summed E-state index contributed by atoms with van der Waals surface area (Å²) in [5.41, 5.74) is 2.24. The Kier molecular flexibility index (Phi) is 3.08. The zero-order chi connectivity index (χ0) is 14.3. The Bertz CT molecular complexity index is 654. The predicted molar refractivity (Wildman–Crippen MR) is 81.8 cm³/mol. The van der Waals surface area contributed by atoms with Crippen molar-refractivity contribution in [1.82, 2.24) is 9.88 Å². The molecule has 1 atom stereocenters. The molecule has 0 bridgehead atoms. The Labute approximate surface area is 120 Å². The SMILES string of the molecule is Cn1cc(C(=O)NC2CCC(C)(C)C2)c2ccccc21. The van der Waals surface area contributed by atoms with Crippen LogP contribution in [0.25, 0.3) is 10.9 Å². The molecule has 20 heavy (non-hydrogen) atoms. The van der Waals surface area contributed by atoms with Crippen molar-refractivity contribution in [3.05, 3.63) is 36.0 Å². The van der Waals surface area contributed by atoms with Crippen LogP contribution in [0.15, 0.2) is 30.5 Å². The highest BCUT2D eigenvalue weighted by Crippen LogP contribution is 2.37. The van der Waals surface area contributed by atoms with Gasteiger partial charge in [0.1, 0.15) is 0 Å². The van der Waals surface area contributed by atoms with E-state index < -0.39 is 0 Å². The fourth-order valence-corrected chi connectivity index (χ4v) is 3.35. The summed E-state index contributed by atoms with van der Waals surface area (Å²) in [6.45, 7) is 4.55. The molecule has 2 aromatic rings. The Hall–Kier alpha value is -1.77. The number of hydrogen-bond donors (Lipinski definition) is 1. The highest BCUT2D eigenvalue weighted by Gasteiger charge is 2.32. The van der Waals surface area contributed by atoms with Crippen molar-refractivity contribution in [1.29, 1.82) is 0 Å². The van der Waals surface area contributed by atoms with Crippen molar-refractivity contribution >= 4 is 16.8 Å². The number of aromatic nitrogens is 1. The summed E-state index contributed by atoms with van der Waals surface area (Å²) in [6, 6.07) is 8.37. The van der Waals surface area contributed by atoms with Gasteiger partial charge in [0.15, 0.2) is 0 Å². The zero-order valence-corrected chi connectivity index (χ0v) is 12.4. The number of rotatable bonds is 2. The van der Waals surface area contributed by atoms with Gasteiger partial charge < -0.3 is 9.88 Å². The summed E-state index contributed by atoms with van der Waals surface area (Å²) >= 11 is 0. The minimum absolute atomic E-state index is 0.0597. The lowest BCUT2D eigenvalue weighted by Gasteiger charge is -2.17. The number of para-hydroxylation sites is 1. The maximum Gasteiger partial charge on any atom is 0.253 e. The first kappa shape index (κ1) is 13.2. The topological polar surface area (TPSA) is 34.0 Å². The molecule has 1 fully saturated rings. The monoisotopic (exact) mass is 270 g/mol. The van der Waals surface area contributed by atoms with Crippen LogP contribution in [0.5, 0.6) is 0 Å². The zero-order valence-electron chi connectivity index (χ0n) is 12.4. The minimum atomic E-state index is 0.0597. The lowest BCUT2D eigenvalue weighted by Crippen LogP contribution is -2.33. The van der Waals surface area contributed by atoms with E-state index in [0.29, 0.717) is 11.5 Å². The molecule has 0 radical (unpaired) electrons. The van der Waals surface area contributed by atoms with Crippen molar-refractivity contribution < 1.29 is 4.79 Å². The normalized spacial score (nSPS) is 21.2. The molecule has 1 unspecified atom stereocenters. The van der Waals surface area contributed by atoms with Crippen LogP contribution in [-0.2, 0) is 7.05 Å². The molecule has 1 heterocycles. The summed E-state index contributed by atoms with van der Waals surface area (Å²) < 4.78 is 2.02. The van der Waals surface area contributed by atoms with E-state index in [4.69, 9.17) is 0 Å². The molecule has 3 nitrogen and oxygen atoms in total. The lowest BCUT2D eigenvalue weighted by molar-refractivity contribution is 0.0937. The van der Waals surface area contributed by atoms with Gasteiger partial charge in [-0.15, -0.1) is 0 Å². The smallest absolute Gasteiger partial charge is 0.253 e. The maximum absolute atomic E-state index is 12.5. The van der Waals surface area contributed by atoms with Crippen molar-refractivity contribution in [2.24, 2.45) is 12.5 Å². The number of hydrogen-bond acceptors (Lipinski definition) is 1. The fourth-order valence-electron chi connectivity index (χ4n) is 3.35. The van der Waals surface area contributed by atoms with E-state index in [0.717, 1.165) is 29.3 Å². The minimum Gasteiger partial charge on any atom is -0.350 e. The molecule has 1 N–H and O–H groups in total. The second-order valence-electron chi connectivity index (χ2n) is 6.75. The quantitative estimate of drug-likeness (QED) is 0.890. The van der Waals surface area contributed by atoms with E-state index in [9.17, 15) is 4.79 Å². The van der Waals surface area contributed by atoms with Crippen molar-refractivity contribution in [3.63, 3.8) is 0 Å². The van der Waals surface area contributed by atoms with Crippen LogP contribution >= 0.6 is 0 Å². The first-order chi connectivity index (χ1) is 9.46. The molecule has 3 heteroatoms. The van der Waals surface area contributed by atoms with Gasteiger partial charge in [-0.1, -0.05) is 32.0 Å². The average Bonchev–Trinajstić information content (AvgIpc) is 2.91. The van der Waals surface area contributed by atoms with Gasteiger partial charge in [0, 0.05) is 30.2 Å². The van der Waals surface area contributed by atoms with E-state index in [1.807, 2.05) is 42.1 Å². The van der Waals surface area contributed by atoms with Gasteiger partial charge in [-0.05, 0) is 30.7 Å². The fraction of sp³-hybridized carbons (Fsp3) is 0.471. The lowest BCUT2D eigenvalue weighted by atomic mass is 9.92. The highest BCUT2D eigenvalue weighted by atomic mass is 16.1. The molecule has 1 aliphatic rings. The Morgan fingerprint density at radius 2 is 2.10 bits per heavy atom. The van der Waals surface area contributed by atoms with Gasteiger partial charge in [0.2, 0.25) is 0 Å². The second kappa shape index (κ2) is 4.65. The molecule has 0 aliphatic heterocycles. The third-order valence-corrected chi connectivity index (χ3v) is 4.45. The molecule has 3 rings (SSSR count). The molecule has 1 aromatic carbocycles. The average molecular weight is 270 g/mol. The highest BCUT2D eigenvalue weighted by molar-refractivity contribution is 6.07. The Balaban J connectivity index is 1.83. The standard InChI is InChI=1S/C17H22N2O/c1-17(2)9-8-12(10-17)18-16(20)14-11-19(3)15-7-5-4-6-13(14)15/h4-7,11-12H,8-10H2,1-3H3,(H,18,20). The van der Waals surface area contributed by atoms with Crippen LogP contribution < -0.4 is 5.32 Å². The second-order valence-corrected chi connectivity index (χ2v) is 6.75. The van der Waals surface area contributed by atoms with Gasteiger partial charge >= 0.3 is 0 Å². The van der Waals surface area contributed by atoms with E-state index in [-0.39, 0.29) is 5.91 Å². The van der Waals surface area contributed by atoms with E-state index in [2.05, 4.69) is 19.2 Å². The molecular formula is C17H22N2O. The number of carbonyl (C=O) groups is 1. The van der Waals surface area contributed by atoms with Gasteiger partial charge in [-0.2, -0.15) is 0 Å². The van der Waals surface area contributed by atoms with Crippen LogP contribution in [-0.4, -0.2) is 16.5 Å². The Morgan fingerprint density at radius 3 is 2.80 bits per heavy atom. The number of carbonyl (C=O) groups excluding carboxylic acids is 1. The number of nitrogens with one attached hydrogen (secondary N) is 1. The van der Waals surface area contributed by atoms with Crippen LogP contribution in [0.3, 0.4) is 0 Å². The van der Waals surface area contributed by atoms with Gasteiger partial charge in [-0.3, -0.25) is 4.79 Å².